The minimum atomic E-state index is 0.337. The fourth-order valence-corrected chi connectivity index (χ4v) is 1.28. The van der Waals surface area contributed by atoms with Crippen molar-refractivity contribution >= 4 is 11.6 Å². The smallest absolute Gasteiger partial charge is 0.0443 e. The number of hydrogen-bond acceptors (Lipinski definition) is 0. The Morgan fingerprint density at radius 1 is 1.45 bits per heavy atom. The fraction of sp³-hybridized carbons (Fsp3) is 0.200. The molecule has 1 rings (SSSR count). The van der Waals surface area contributed by atoms with Gasteiger partial charge in [0, 0.05) is 10.9 Å². The Kier molecular flexibility index (Phi) is 2.72. The van der Waals surface area contributed by atoms with Gasteiger partial charge < -0.3 is 0 Å². The van der Waals surface area contributed by atoms with Crippen LogP contribution < -0.4 is 0 Å². The zero-order valence-corrected chi connectivity index (χ0v) is 7.31. The van der Waals surface area contributed by atoms with Crippen LogP contribution >= 0.6 is 11.6 Å². The molecule has 0 aromatic heterocycles. The highest BCUT2D eigenvalue weighted by Crippen LogP contribution is 2.24. The Labute approximate surface area is 72.5 Å². The molecule has 0 heterocycles. The summed E-state index contributed by atoms with van der Waals surface area (Å²) in [5.41, 5.74) is 1.14. The van der Waals surface area contributed by atoms with Crippen LogP contribution in [0, 0.1) is 0 Å². The molecule has 1 heteroatoms. The Morgan fingerprint density at radius 3 is 2.64 bits per heavy atom. The van der Waals surface area contributed by atoms with Crippen LogP contribution in [0.15, 0.2) is 36.9 Å². The lowest BCUT2D eigenvalue weighted by molar-refractivity contribution is 0.972. The lowest BCUT2D eigenvalue weighted by Crippen LogP contribution is -1.88. The minimum Gasteiger partial charge on any atom is -0.102 e. The summed E-state index contributed by atoms with van der Waals surface area (Å²) in [7, 11) is 0. The van der Waals surface area contributed by atoms with Crippen molar-refractivity contribution in [2.24, 2.45) is 0 Å². The predicted octanol–water partition coefficient (Wildman–Crippen LogP) is 3.63. The average molecular weight is 167 g/mol. The van der Waals surface area contributed by atoms with E-state index < -0.39 is 0 Å². The largest absolute Gasteiger partial charge is 0.102 e. The van der Waals surface area contributed by atoms with Crippen molar-refractivity contribution in [3.8, 4) is 0 Å². The molecule has 0 aliphatic carbocycles. The van der Waals surface area contributed by atoms with Crippen LogP contribution in [0.4, 0.5) is 0 Å². The standard InChI is InChI=1S/C10H11Cl/c1-3-8(2)9-6-4-5-7-10(9)11/h3-8H,1H2,2H3/t8-/m0/s1. The van der Waals surface area contributed by atoms with Crippen LogP contribution in [0.1, 0.15) is 18.4 Å². The molecule has 1 aromatic carbocycles. The molecule has 1 atom stereocenters. The van der Waals surface area contributed by atoms with Gasteiger partial charge in [0.25, 0.3) is 0 Å². The summed E-state index contributed by atoms with van der Waals surface area (Å²) in [5, 5.41) is 0.819. The van der Waals surface area contributed by atoms with E-state index in [-0.39, 0.29) is 0 Å². The molecule has 0 unspecified atom stereocenters. The number of allylic oxidation sites excluding steroid dienone is 1. The van der Waals surface area contributed by atoms with E-state index in [2.05, 4.69) is 13.5 Å². The van der Waals surface area contributed by atoms with Gasteiger partial charge in [0.1, 0.15) is 0 Å². The molecule has 0 spiro atoms. The summed E-state index contributed by atoms with van der Waals surface area (Å²) < 4.78 is 0. The van der Waals surface area contributed by atoms with Gasteiger partial charge in [-0.2, -0.15) is 0 Å². The quantitative estimate of drug-likeness (QED) is 0.589. The van der Waals surface area contributed by atoms with E-state index in [1.807, 2.05) is 30.3 Å². The first-order valence-corrected chi connectivity index (χ1v) is 4.00. The van der Waals surface area contributed by atoms with Gasteiger partial charge in [-0.05, 0) is 11.6 Å². The van der Waals surface area contributed by atoms with Gasteiger partial charge in [-0.3, -0.25) is 0 Å². The topological polar surface area (TPSA) is 0 Å². The van der Waals surface area contributed by atoms with Crippen LogP contribution in [0.2, 0.25) is 5.02 Å². The highest BCUT2D eigenvalue weighted by Gasteiger charge is 2.03. The number of benzene rings is 1. The molecule has 0 saturated heterocycles. The zero-order valence-electron chi connectivity index (χ0n) is 6.55. The maximum Gasteiger partial charge on any atom is 0.0443 e. The molecule has 0 fully saturated rings. The third-order valence-corrected chi connectivity index (χ3v) is 2.09. The van der Waals surface area contributed by atoms with Crippen molar-refractivity contribution in [2.75, 3.05) is 0 Å². The zero-order chi connectivity index (χ0) is 8.27. The Morgan fingerprint density at radius 2 is 2.09 bits per heavy atom. The van der Waals surface area contributed by atoms with Crippen LogP contribution in [-0.2, 0) is 0 Å². The summed E-state index contributed by atoms with van der Waals surface area (Å²) in [5.74, 6) is 0.337. The van der Waals surface area contributed by atoms with Gasteiger partial charge in [-0.1, -0.05) is 42.8 Å². The molecule has 0 aliphatic rings. The molecule has 0 saturated carbocycles. The first-order valence-electron chi connectivity index (χ1n) is 3.62. The molecule has 0 bridgehead atoms. The van der Waals surface area contributed by atoms with E-state index in [1.54, 1.807) is 0 Å². The van der Waals surface area contributed by atoms with E-state index in [0.29, 0.717) is 5.92 Å². The lowest BCUT2D eigenvalue weighted by atomic mass is 10.0. The van der Waals surface area contributed by atoms with Crippen LogP contribution in [0.5, 0.6) is 0 Å². The van der Waals surface area contributed by atoms with Gasteiger partial charge in [0.2, 0.25) is 0 Å². The van der Waals surface area contributed by atoms with Crippen molar-refractivity contribution in [1.82, 2.24) is 0 Å². The minimum absolute atomic E-state index is 0.337. The lowest BCUT2D eigenvalue weighted by Gasteiger charge is -2.07. The van der Waals surface area contributed by atoms with Crippen molar-refractivity contribution in [3.63, 3.8) is 0 Å². The third-order valence-electron chi connectivity index (χ3n) is 1.75. The van der Waals surface area contributed by atoms with Crippen LogP contribution in [0.25, 0.3) is 0 Å². The predicted molar refractivity (Wildman–Crippen MR) is 50.1 cm³/mol. The molecule has 11 heavy (non-hydrogen) atoms. The van der Waals surface area contributed by atoms with Gasteiger partial charge in [-0.15, -0.1) is 6.58 Å². The van der Waals surface area contributed by atoms with Crippen molar-refractivity contribution < 1.29 is 0 Å². The van der Waals surface area contributed by atoms with Crippen LogP contribution in [0.3, 0.4) is 0 Å². The van der Waals surface area contributed by atoms with Crippen molar-refractivity contribution in [3.05, 3.63) is 47.5 Å². The van der Waals surface area contributed by atoms with Gasteiger partial charge in [0.15, 0.2) is 0 Å². The highest BCUT2D eigenvalue weighted by molar-refractivity contribution is 6.31. The molecule has 0 radical (unpaired) electrons. The normalized spacial score (nSPS) is 12.5. The molecular weight excluding hydrogens is 156 g/mol. The Hall–Kier alpha value is -0.750. The monoisotopic (exact) mass is 166 g/mol. The van der Waals surface area contributed by atoms with E-state index in [4.69, 9.17) is 11.6 Å². The van der Waals surface area contributed by atoms with E-state index in [1.165, 1.54) is 0 Å². The first kappa shape index (κ1) is 8.35. The molecule has 1 aromatic rings. The maximum absolute atomic E-state index is 5.95. The first-order chi connectivity index (χ1) is 5.25. The molecule has 0 N–H and O–H groups in total. The molecule has 0 aliphatic heterocycles. The van der Waals surface area contributed by atoms with Gasteiger partial charge in [-0.25, -0.2) is 0 Å². The highest BCUT2D eigenvalue weighted by atomic mass is 35.5. The summed E-state index contributed by atoms with van der Waals surface area (Å²) in [6.45, 7) is 5.80. The number of halogens is 1. The molecule has 58 valence electrons. The maximum atomic E-state index is 5.95. The molecule has 0 nitrogen and oxygen atoms in total. The Bertz CT molecular complexity index is 253. The number of hydrogen-bond donors (Lipinski definition) is 0. The second-order valence-corrected chi connectivity index (χ2v) is 2.95. The summed E-state index contributed by atoms with van der Waals surface area (Å²) in [4.78, 5) is 0. The second kappa shape index (κ2) is 3.59. The van der Waals surface area contributed by atoms with Crippen molar-refractivity contribution in [1.29, 1.82) is 0 Å². The van der Waals surface area contributed by atoms with Gasteiger partial charge >= 0.3 is 0 Å². The summed E-state index contributed by atoms with van der Waals surface area (Å²) >= 11 is 5.95. The fourth-order valence-electron chi connectivity index (χ4n) is 0.971. The Balaban J connectivity index is 3.02. The summed E-state index contributed by atoms with van der Waals surface area (Å²) in [6, 6.07) is 7.84. The summed E-state index contributed by atoms with van der Waals surface area (Å²) in [6.07, 6.45) is 1.89. The molecule has 0 amide bonds. The number of rotatable bonds is 2. The van der Waals surface area contributed by atoms with Crippen molar-refractivity contribution in [2.45, 2.75) is 12.8 Å². The van der Waals surface area contributed by atoms with Crippen LogP contribution in [-0.4, -0.2) is 0 Å². The molecular formula is C10H11Cl. The van der Waals surface area contributed by atoms with E-state index in [9.17, 15) is 0 Å². The third kappa shape index (κ3) is 1.84. The van der Waals surface area contributed by atoms with E-state index >= 15 is 0 Å². The van der Waals surface area contributed by atoms with Gasteiger partial charge in [0.05, 0.1) is 0 Å². The van der Waals surface area contributed by atoms with E-state index in [0.717, 1.165) is 10.6 Å². The SMILES string of the molecule is C=C[C@H](C)c1ccccc1Cl. The average Bonchev–Trinajstić information content (AvgIpc) is 2.04. The second-order valence-electron chi connectivity index (χ2n) is 2.55.